The third-order valence-electron chi connectivity index (χ3n) is 4.47. The molecule has 1 saturated heterocycles. The first-order chi connectivity index (χ1) is 8.65. The van der Waals surface area contributed by atoms with E-state index in [1.165, 1.54) is 30.5 Å². The third-order valence-corrected chi connectivity index (χ3v) is 4.47. The van der Waals surface area contributed by atoms with Crippen molar-refractivity contribution in [1.29, 1.82) is 0 Å². The second-order valence-corrected chi connectivity index (χ2v) is 6.18. The molecule has 1 N–H and O–H groups in total. The van der Waals surface area contributed by atoms with E-state index < -0.39 is 0 Å². The highest BCUT2D eigenvalue weighted by molar-refractivity contribution is 5.60. The standard InChI is InChI=1S/C16H24N2/c1-11-8-15(9-12(2)17-11)18-13(3)10-14-6-4-5-7-16(14)18/h4-7,11-13,15,17H,8-10H2,1-3H3. The van der Waals surface area contributed by atoms with Gasteiger partial charge in [-0.2, -0.15) is 0 Å². The lowest BCUT2D eigenvalue weighted by molar-refractivity contribution is 0.299. The molecular formula is C16H24N2. The van der Waals surface area contributed by atoms with Crippen LogP contribution in [0.1, 0.15) is 39.2 Å². The minimum absolute atomic E-state index is 0.638. The Morgan fingerprint density at radius 2 is 1.72 bits per heavy atom. The van der Waals surface area contributed by atoms with Gasteiger partial charge in [0.1, 0.15) is 0 Å². The van der Waals surface area contributed by atoms with E-state index in [1.54, 1.807) is 0 Å². The van der Waals surface area contributed by atoms with E-state index in [2.05, 4.69) is 55.3 Å². The van der Waals surface area contributed by atoms with E-state index >= 15 is 0 Å². The molecule has 2 nitrogen and oxygen atoms in total. The van der Waals surface area contributed by atoms with Crippen LogP contribution in [0.4, 0.5) is 5.69 Å². The average Bonchev–Trinajstić information content (AvgIpc) is 2.63. The molecule has 0 aliphatic carbocycles. The Kier molecular flexibility index (Phi) is 3.06. The van der Waals surface area contributed by atoms with E-state index in [0.29, 0.717) is 24.2 Å². The van der Waals surface area contributed by atoms with Gasteiger partial charge in [0.25, 0.3) is 0 Å². The van der Waals surface area contributed by atoms with Crippen LogP contribution >= 0.6 is 0 Å². The average molecular weight is 244 g/mol. The molecule has 2 heterocycles. The molecule has 0 aromatic heterocycles. The Morgan fingerprint density at radius 1 is 1.06 bits per heavy atom. The zero-order chi connectivity index (χ0) is 12.7. The SMILES string of the molecule is CC1CC(N2c3ccccc3CC2C)CC(C)N1. The predicted octanol–water partition coefficient (Wildman–Crippen LogP) is 2.97. The number of fused-ring (bicyclic) bond motifs is 1. The van der Waals surface area contributed by atoms with Crippen LogP contribution in [0.5, 0.6) is 0 Å². The zero-order valence-electron chi connectivity index (χ0n) is 11.7. The summed E-state index contributed by atoms with van der Waals surface area (Å²) >= 11 is 0. The van der Waals surface area contributed by atoms with Gasteiger partial charge in [-0.15, -0.1) is 0 Å². The summed E-state index contributed by atoms with van der Waals surface area (Å²) in [4.78, 5) is 2.68. The van der Waals surface area contributed by atoms with Crippen molar-refractivity contribution < 1.29 is 0 Å². The molecule has 0 spiro atoms. The van der Waals surface area contributed by atoms with Crippen molar-refractivity contribution in [2.24, 2.45) is 0 Å². The largest absolute Gasteiger partial charge is 0.365 e. The molecule has 0 amide bonds. The van der Waals surface area contributed by atoms with Gasteiger partial charge in [0.15, 0.2) is 0 Å². The van der Waals surface area contributed by atoms with E-state index in [9.17, 15) is 0 Å². The minimum Gasteiger partial charge on any atom is -0.365 e. The maximum Gasteiger partial charge on any atom is 0.0404 e. The highest BCUT2D eigenvalue weighted by Gasteiger charge is 2.34. The van der Waals surface area contributed by atoms with Crippen LogP contribution in [0, 0.1) is 0 Å². The quantitative estimate of drug-likeness (QED) is 0.817. The van der Waals surface area contributed by atoms with Gasteiger partial charge in [0.2, 0.25) is 0 Å². The molecule has 1 aromatic carbocycles. The lowest BCUT2D eigenvalue weighted by Crippen LogP contribution is -2.52. The van der Waals surface area contributed by atoms with Gasteiger partial charge in [-0.3, -0.25) is 0 Å². The summed E-state index contributed by atoms with van der Waals surface area (Å²) in [5.41, 5.74) is 3.01. The van der Waals surface area contributed by atoms with E-state index in [1.807, 2.05) is 0 Å². The van der Waals surface area contributed by atoms with Gasteiger partial charge in [0, 0.05) is 29.9 Å². The van der Waals surface area contributed by atoms with Crippen molar-refractivity contribution in [3.05, 3.63) is 29.8 Å². The van der Waals surface area contributed by atoms with Crippen molar-refractivity contribution >= 4 is 5.69 Å². The molecule has 3 unspecified atom stereocenters. The Bertz CT molecular complexity index is 419. The molecule has 1 aromatic rings. The molecule has 3 rings (SSSR count). The second-order valence-electron chi connectivity index (χ2n) is 6.18. The van der Waals surface area contributed by atoms with Crippen LogP contribution in [-0.2, 0) is 6.42 Å². The number of hydrogen-bond acceptors (Lipinski definition) is 2. The molecular weight excluding hydrogens is 220 g/mol. The summed E-state index contributed by atoms with van der Waals surface area (Å²) in [5.74, 6) is 0. The van der Waals surface area contributed by atoms with Crippen molar-refractivity contribution in [3.8, 4) is 0 Å². The Hall–Kier alpha value is -1.02. The Labute approximate surface area is 110 Å². The number of anilines is 1. The fourth-order valence-corrected chi connectivity index (χ4v) is 3.91. The van der Waals surface area contributed by atoms with Crippen LogP contribution in [0.25, 0.3) is 0 Å². The van der Waals surface area contributed by atoms with Gasteiger partial charge in [-0.05, 0) is 51.7 Å². The lowest BCUT2D eigenvalue weighted by atomic mass is 9.93. The summed E-state index contributed by atoms with van der Waals surface area (Å²) in [6.07, 6.45) is 3.74. The summed E-state index contributed by atoms with van der Waals surface area (Å²) in [6, 6.07) is 11.6. The Morgan fingerprint density at radius 3 is 2.44 bits per heavy atom. The van der Waals surface area contributed by atoms with E-state index in [4.69, 9.17) is 0 Å². The molecule has 2 heteroatoms. The molecule has 0 saturated carbocycles. The van der Waals surface area contributed by atoms with Crippen molar-refractivity contribution in [1.82, 2.24) is 5.32 Å². The highest BCUT2D eigenvalue weighted by Crippen LogP contribution is 2.36. The monoisotopic (exact) mass is 244 g/mol. The Balaban J connectivity index is 1.87. The third kappa shape index (κ3) is 2.03. The summed E-state index contributed by atoms with van der Waals surface area (Å²) in [7, 11) is 0. The van der Waals surface area contributed by atoms with E-state index in [-0.39, 0.29) is 0 Å². The van der Waals surface area contributed by atoms with E-state index in [0.717, 1.165) is 0 Å². The van der Waals surface area contributed by atoms with Crippen LogP contribution in [-0.4, -0.2) is 24.2 Å². The number of rotatable bonds is 1. The topological polar surface area (TPSA) is 15.3 Å². The fraction of sp³-hybridized carbons (Fsp3) is 0.625. The lowest BCUT2D eigenvalue weighted by Gasteiger charge is -2.41. The molecule has 18 heavy (non-hydrogen) atoms. The molecule has 0 radical (unpaired) electrons. The summed E-state index contributed by atoms with van der Waals surface area (Å²) in [6.45, 7) is 7.00. The van der Waals surface area contributed by atoms with Gasteiger partial charge >= 0.3 is 0 Å². The molecule has 3 atom stereocenters. The molecule has 0 bridgehead atoms. The normalized spacial score (nSPS) is 35.6. The number of para-hydroxylation sites is 1. The zero-order valence-corrected chi connectivity index (χ0v) is 11.7. The second kappa shape index (κ2) is 4.58. The van der Waals surface area contributed by atoms with Crippen LogP contribution < -0.4 is 10.2 Å². The highest BCUT2D eigenvalue weighted by atomic mass is 15.2. The maximum atomic E-state index is 3.64. The van der Waals surface area contributed by atoms with Crippen LogP contribution in [0.3, 0.4) is 0 Å². The first-order valence-corrected chi connectivity index (χ1v) is 7.27. The first kappa shape index (κ1) is 12.0. The van der Waals surface area contributed by atoms with Crippen molar-refractivity contribution in [2.45, 2.75) is 64.2 Å². The summed E-state index contributed by atoms with van der Waals surface area (Å²) < 4.78 is 0. The molecule has 2 aliphatic heterocycles. The fourth-order valence-electron chi connectivity index (χ4n) is 3.91. The van der Waals surface area contributed by atoms with Crippen LogP contribution in [0.2, 0.25) is 0 Å². The number of nitrogens with zero attached hydrogens (tertiary/aromatic N) is 1. The molecule has 1 fully saturated rings. The molecule has 2 aliphatic rings. The number of benzene rings is 1. The minimum atomic E-state index is 0.638. The maximum absolute atomic E-state index is 3.64. The predicted molar refractivity (Wildman–Crippen MR) is 77.2 cm³/mol. The number of piperidine rings is 1. The van der Waals surface area contributed by atoms with Crippen LogP contribution in [0.15, 0.2) is 24.3 Å². The van der Waals surface area contributed by atoms with Crippen molar-refractivity contribution in [3.63, 3.8) is 0 Å². The molecule has 98 valence electrons. The smallest absolute Gasteiger partial charge is 0.0404 e. The number of nitrogens with one attached hydrogen (secondary N) is 1. The summed E-state index contributed by atoms with van der Waals surface area (Å²) in [5, 5.41) is 3.64. The van der Waals surface area contributed by atoms with Gasteiger partial charge < -0.3 is 10.2 Å². The van der Waals surface area contributed by atoms with Gasteiger partial charge in [-0.1, -0.05) is 18.2 Å². The van der Waals surface area contributed by atoms with Gasteiger partial charge in [-0.25, -0.2) is 0 Å². The number of hydrogen-bond donors (Lipinski definition) is 1. The van der Waals surface area contributed by atoms with Gasteiger partial charge in [0.05, 0.1) is 0 Å². The van der Waals surface area contributed by atoms with Crippen molar-refractivity contribution in [2.75, 3.05) is 4.90 Å². The first-order valence-electron chi connectivity index (χ1n) is 7.27.